The number of carbonyl (C=O) groups is 1. The van der Waals surface area contributed by atoms with Crippen molar-refractivity contribution in [2.45, 2.75) is 30.9 Å². The molecule has 2 aromatic rings. The van der Waals surface area contributed by atoms with Crippen LogP contribution in [-0.4, -0.2) is 40.3 Å². The molecule has 5 nitrogen and oxygen atoms in total. The Morgan fingerprint density at radius 3 is 2.11 bits per heavy atom. The fourth-order valence-corrected chi connectivity index (χ4v) is 3.42. The molecule has 1 atom stereocenters. The minimum Gasteiger partial charge on any atom is -0.457 e. The zero-order chi connectivity index (χ0) is 20.1. The van der Waals surface area contributed by atoms with Crippen molar-refractivity contribution in [1.82, 2.24) is 5.01 Å². The molecule has 0 radical (unpaired) electrons. The van der Waals surface area contributed by atoms with Gasteiger partial charge in [-0.1, -0.05) is 36.4 Å². The van der Waals surface area contributed by atoms with Crippen molar-refractivity contribution in [3.63, 3.8) is 0 Å². The third kappa shape index (κ3) is 2.73. The highest BCUT2D eigenvalue weighted by molar-refractivity contribution is 5.96. The summed E-state index contributed by atoms with van der Waals surface area (Å²) in [4.78, 5) is 13.2. The Morgan fingerprint density at radius 1 is 1.07 bits per heavy atom. The molecule has 2 aliphatic rings. The van der Waals surface area contributed by atoms with Gasteiger partial charge >= 0.3 is 0 Å². The smallest absolute Gasteiger partial charge is 0.287 e. The van der Waals surface area contributed by atoms with E-state index in [4.69, 9.17) is 4.74 Å². The highest BCUT2D eigenvalue weighted by atomic mass is 19.3. The van der Waals surface area contributed by atoms with E-state index >= 15 is 0 Å². The highest BCUT2D eigenvalue weighted by Crippen LogP contribution is 2.46. The molecule has 0 spiro atoms. The van der Waals surface area contributed by atoms with Crippen LogP contribution < -0.4 is 4.74 Å². The molecule has 0 saturated carbocycles. The SMILES string of the molecule is O=C(C1c2ccccc2Oc2ccccc21)N1N=C(C(F)F)C[C@]1(O)C(F)F. The molecule has 146 valence electrons. The predicted octanol–water partition coefficient (Wildman–Crippen LogP) is 3.73. The number of hydrazone groups is 1. The maximum Gasteiger partial charge on any atom is 0.287 e. The van der Waals surface area contributed by atoms with Crippen LogP contribution in [0.3, 0.4) is 0 Å². The summed E-state index contributed by atoms with van der Waals surface area (Å²) in [5.41, 5.74) is -3.37. The van der Waals surface area contributed by atoms with Crippen molar-refractivity contribution < 1.29 is 32.2 Å². The Kier molecular flexibility index (Phi) is 4.34. The van der Waals surface area contributed by atoms with Gasteiger partial charge in [0, 0.05) is 17.5 Å². The van der Waals surface area contributed by atoms with Crippen LogP contribution in [0.5, 0.6) is 11.5 Å². The molecule has 9 heteroatoms. The van der Waals surface area contributed by atoms with E-state index in [1.165, 1.54) is 0 Å². The topological polar surface area (TPSA) is 62.1 Å². The number of fused-ring (bicyclic) bond motifs is 2. The number of para-hydroxylation sites is 2. The van der Waals surface area contributed by atoms with Gasteiger partial charge in [0.2, 0.25) is 5.72 Å². The molecule has 0 fully saturated rings. The molecule has 2 aromatic carbocycles. The quantitative estimate of drug-likeness (QED) is 0.807. The van der Waals surface area contributed by atoms with Crippen LogP contribution in [0.25, 0.3) is 0 Å². The van der Waals surface area contributed by atoms with Gasteiger partial charge in [0.1, 0.15) is 17.2 Å². The number of alkyl halides is 4. The fourth-order valence-electron chi connectivity index (χ4n) is 3.42. The first-order valence-corrected chi connectivity index (χ1v) is 8.38. The third-order valence-electron chi connectivity index (χ3n) is 4.77. The number of benzene rings is 2. The van der Waals surface area contributed by atoms with E-state index in [2.05, 4.69) is 5.10 Å². The number of carbonyl (C=O) groups excluding carboxylic acids is 1. The number of nitrogens with zero attached hydrogens (tertiary/aromatic N) is 2. The molecule has 0 saturated heterocycles. The van der Waals surface area contributed by atoms with Gasteiger partial charge in [-0.2, -0.15) is 10.1 Å². The predicted molar refractivity (Wildman–Crippen MR) is 90.7 cm³/mol. The van der Waals surface area contributed by atoms with Crippen molar-refractivity contribution in [2.75, 3.05) is 0 Å². The number of halogens is 4. The molecule has 0 aromatic heterocycles. The van der Waals surface area contributed by atoms with Crippen molar-refractivity contribution >= 4 is 11.6 Å². The molecule has 0 aliphatic carbocycles. The Labute approximate surface area is 156 Å². The number of rotatable bonds is 3. The number of hydrogen-bond donors (Lipinski definition) is 1. The van der Waals surface area contributed by atoms with Gasteiger partial charge in [0.05, 0.1) is 5.92 Å². The lowest BCUT2D eigenvalue weighted by Gasteiger charge is -2.34. The molecule has 28 heavy (non-hydrogen) atoms. The average molecular weight is 394 g/mol. The van der Waals surface area contributed by atoms with E-state index in [9.17, 15) is 27.5 Å². The Hall–Kier alpha value is -2.94. The summed E-state index contributed by atoms with van der Waals surface area (Å²) < 4.78 is 58.9. The lowest BCUT2D eigenvalue weighted by molar-refractivity contribution is -0.192. The zero-order valence-electron chi connectivity index (χ0n) is 14.2. The van der Waals surface area contributed by atoms with Crippen LogP contribution in [0.4, 0.5) is 17.6 Å². The lowest BCUT2D eigenvalue weighted by atomic mass is 9.86. The zero-order valence-corrected chi connectivity index (χ0v) is 14.2. The second-order valence-electron chi connectivity index (χ2n) is 6.51. The van der Waals surface area contributed by atoms with E-state index in [1.807, 2.05) is 0 Å². The molecule has 1 amide bonds. The minimum atomic E-state index is -3.48. The van der Waals surface area contributed by atoms with Gasteiger partial charge in [-0.25, -0.2) is 17.6 Å². The summed E-state index contributed by atoms with van der Waals surface area (Å²) in [6.45, 7) is 0. The van der Waals surface area contributed by atoms with Crippen molar-refractivity contribution in [3.05, 3.63) is 59.7 Å². The summed E-state index contributed by atoms with van der Waals surface area (Å²) in [6.07, 6.45) is -7.78. The molecule has 0 unspecified atom stereocenters. The standard InChI is InChI=1S/C19H14F4N2O3/c20-16(21)12-9-19(27,18(22)23)25(24-12)17(26)15-10-5-1-3-7-13(10)28-14-8-4-2-6-11(14)15/h1-8,15-16,18,27H,9H2/t19-/m0/s1. The van der Waals surface area contributed by atoms with Gasteiger partial charge in [-0.05, 0) is 12.1 Å². The van der Waals surface area contributed by atoms with Crippen molar-refractivity contribution in [1.29, 1.82) is 0 Å². The van der Waals surface area contributed by atoms with Crippen molar-refractivity contribution in [3.8, 4) is 11.5 Å². The number of aliphatic hydroxyl groups is 1. The van der Waals surface area contributed by atoms with Crippen LogP contribution in [0.15, 0.2) is 53.6 Å². The van der Waals surface area contributed by atoms with E-state index in [1.54, 1.807) is 48.5 Å². The Bertz CT molecular complexity index is 920. The monoisotopic (exact) mass is 394 g/mol. The normalized spacial score (nSPS) is 21.4. The average Bonchev–Trinajstić information content (AvgIpc) is 3.05. The molecule has 2 aliphatic heterocycles. The molecule has 0 bridgehead atoms. The van der Waals surface area contributed by atoms with Gasteiger partial charge < -0.3 is 9.84 Å². The molecular formula is C19H14F4N2O3. The summed E-state index contributed by atoms with van der Waals surface area (Å²) in [5.74, 6) is -1.52. The van der Waals surface area contributed by atoms with Gasteiger partial charge in [0.15, 0.2) is 0 Å². The summed E-state index contributed by atoms with van der Waals surface area (Å²) in [6, 6.07) is 13.0. The highest BCUT2D eigenvalue weighted by Gasteiger charge is 2.55. The first kappa shape index (κ1) is 18.4. The largest absolute Gasteiger partial charge is 0.457 e. The van der Waals surface area contributed by atoms with Crippen LogP contribution in [0.2, 0.25) is 0 Å². The van der Waals surface area contributed by atoms with Crippen molar-refractivity contribution in [2.24, 2.45) is 5.10 Å². The van der Waals surface area contributed by atoms with E-state index in [0.29, 0.717) is 22.6 Å². The van der Waals surface area contributed by atoms with Gasteiger partial charge in [-0.3, -0.25) is 4.79 Å². The lowest BCUT2D eigenvalue weighted by Crippen LogP contribution is -2.53. The second-order valence-corrected chi connectivity index (χ2v) is 6.51. The van der Waals surface area contributed by atoms with Crippen LogP contribution in [0, 0.1) is 0 Å². The summed E-state index contributed by atoms with van der Waals surface area (Å²) >= 11 is 0. The fraction of sp³-hybridized carbons (Fsp3) is 0.263. The van der Waals surface area contributed by atoms with Gasteiger partial charge in [0.25, 0.3) is 18.8 Å². The first-order valence-electron chi connectivity index (χ1n) is 8.38. The Balaban J connectivity index is 1.83. The van der Waals surface area contributed by atoms with Crippen LogP contribution in [0.1, 0.15) is 23.5 Å². The number of amides is 1. The first-order chi connectivity index (χ1) is 13.3. The summed E-state index contributed by atoms with van der Waals surface area (Å²) in [7, 11) is 0. The minimum absolute atomic E-state index is 0.0999. The van der Waals surface area contributed by atoms with Crippen LogP contribution >= 0.6 is 0 Å². The van der Waals surface area contributed by atoms with E-state index in [-0.39, 0.29) is 5.01 Å². The van der Waals surface area contributed by atoms with E-state index in [0.717, 1.165) is 0 Å². The maximum absolute atomic E-state index is 13.5. The number of hydrogen-bond acceptors (Lipinski definition) is 4. The maximum atomic E-state index is 13.5. The Morgan fingerprint density at radius 2 is 1.61 bits per heavy atom. The van der Waals surface area contributed by atoms with E-state index < -0.39 is 42.5 Å². The number of ether oxygens (including phenoxy) is 1. The van der Waals surface area contributed by atoms with Crippen LogP contribution in [-0.2, 0) is 4.79 Å². The molecule has 2 heterocycles. The summed E-state index contributed by atoms with van der Waals surface area (Å²) in [5, 5.41) is 13.8. The third-order valence-corrected chi connectivity index (χ3v) is 4.77. The molecule has 1 N–H and O–H groups in total. The van der Waals surface area contributed by atoms with Gasteiger partial charge in [-0.15, -0.1) is 0 Å². The molecule has 4 rings (SSSR count). The second kappa shape index (κ2) is 6.59. The molecular weight excluding hydrogens is 380 g/mol.